The van der Waals surface area contributed by atoms with Gasteiger partial charge in [-0.1, -0.05) is 44.2 Å². The fourth-order valence-electron chi connectivity index (χ4n) is 3.35. The first-order valence-corrected chi connectivity index (χ1v) is 8.84. The van der Waals surface area contributed by atoms with E-state index in [2.05, 4.69) is 13.8 Å². The Bertz CT molecular complexity index is 1040. The van der Waals surface area contributed by atoms with Crippen LogP contribution in [0.1, 0.15) is 19.5 Å². The molecule has 6 heteroatoms. The second-order valence-electron chi connectivity index (χ2n) is 6.83. The predicted octanol–water partition coefficient (Wildman–Crippen LogP) is 3.24. The van der Waals surface area contributed by atoms with Gasteiger partial charge in [-0.15, -0.1) is 0 Å². The molecule has 0 aliphatic heterocycles. The number of rotatable bonds is 5. The molecule has 0 aliphatic carbocycles. The van der Waals surface area contributed by atoms with Gasteiger partial charge in [-0.3, -0.25) is 4.79 Å². The zero-order valence-electron chi connectivity index (χ0n) is 15.4. The van der Waals surface area contributed by atoms with E-state index in [-0.39, 0.29) is 23.8 Å². The highest BCUT2D eigenvalue weighted by Crippen LogP contribution is 2.33. The van der Waals surface area contributed by atoms with E-state index in [0.717, 1.165) is 16.8 Å². The molecule has 0 bridgehead atoms. The highest BCUT2D eigenvalue weighted by atomic mass is 16.5. The van der Waals surface area contributed by atoms with Crippen LogP contribution in [0.2, 0.25) is 0 Å². The third kappa shape index (κ3) is 3.71. The van der Waals surface area contributed by atoms with Crippen molar-refractivity contribution in [2.75, 3.05) is 0 Å². The monoisotopic (exact) mass is 365 g/mol. The Kier molecular flexibility index (Phi) is 5.28. The summed E-state index contributed by atoms with van der Waals surface area (Å²) in [6, 6.07) is 14.7. The van der Waals surface area contributed by atoms with Crippen LogP contribution in [-0.2, 0) is 13.1 Å². The Labute approximate surface area is 157 Å². The molecular formula is C21H23N3O3. The van der Waals surface area contributed by atoms with Gasteiger partial charge < -0.3 is 20.8 Å². The van der Waals surface area contributed by atoms with E-state index in [0.29, 0.717) is 17.3 Å². The summed E-state index contributed by atoms with van der Waals surface area (Å²) >= 11 is 0. The Morgan fingerprint density at radius 1 is 1.11 bits per heavy atom. The van der Waals surface area contributed by atoms with Crippen LogP contribution >= 0.6 is 0 Å². The highest BCUT2D eigenvalue weighted by Gasteiger charge is 2.18. The van der Waals surface area contributed by atoms with E-state index in [4.69, 9.17) is 16.2 Å². The van der Waals surface area contributed by atoms with Gasteiger partial charge in [-0.25, -0.2) is 4.79 Å². The number of nitrogens with zero attached hydrogens (tertiary/aromatic N) is 1. The Morgan fingerprint density at radius 3 is 2.41 bits per heavy atom. The quantitative estimate of drug-likeness (QED) is 0.725. The van der Waals surface area contributed by atoms with E-state index in [1.165, 1.54) is 0 Å². The van der Waals surface area contributed by atoms with Crippen LogP contribution in [0.25, 0.3) is 21.9 Å². The first-order chi connectivity index (χ1) is 12.9. The number of fused-ring (bicyclic) bond motifs is 1. The molecule has 3 aromatic rings. The van der Waals surface area contributed by atoms with Gasteiger partial charge in [0.1, 0.15) is 5.75 Å². The summed E-state index contributed by atoms with van der Waals surface area (Å²) < 4.78 is 6.77. The van der Waals surface area contributed by atoms with Crippen LogP contribution in [0.3, 0.4) is 0 Å². The molecule has 6 nitrogen and oxygen atoms in total. The standard InChI is InChI=1S/C21H23N3O3/c1-13(2)12-24-18(11-22)19(14-6-4-3-5-7-14)17-10-15(27-21(23)26)8-9-16(17)20(24)25/h3-10,13H,11-12,22H2,1-2H3,(H2,23,26). The topological polar surface area (TPSA) is 100 Å². The first kappa shape index (κ1) is 18.7. The zero-order chi connectivity index (χ0) is 19.6. The number of pyridine rings is 1. The van der Waals surface area contributed by atoms with Crippen molar-refractivity contribution in [3.63, 3.8) is 0 Å². The van der Waals surface area contributed by atoms with Crippen molar-refractivity contribution in [2.45, 2.75) is 26.9 Å². The molecule has 1 aromatic heterocycles. The number of aromatic nitrogens is 1. The lowest BCUT2D eigenvalue weighted by Crippen LogP contribution is -2.28. The maximum atomic E-state index is 13.1. The number of primary amides is 1. The van der Waals surface area contributed by atoms with Gasteiger partial charge >= 0.3 is 6.09 Å². The summed E-state index contributed by atoms with van der Waals surface area (Å²) in [5, 5.41) is 1.23. The molecular weight excluding hydrogens is 342 g/mol. The summed E-state index contributed by atoms with van der Waals surface area (Å²) in [6.45, 7) is 4.90. The fraction of sp³-hybridized carbons (Fsp3) is 0.238. The van der Waals surface area contributed by atoms with Crippen molar-refractivity contribution in [3.8, 4) is 16.9 Å². The Balaban J connectivity index is 2.42. The van der Waals surface area contributed by atoms with Gasteiger partial charge in [0.2, 0.25) is 0 Å². The molecule has 1 heterocycles. The second-order valence-corrected chi connectivity index (χ2v) is 6.83. The lowest BCUT2D eigenvalue weighted by atomic mass is 9.96. The summed E-state index contributed by atoms with van der Waals surface area (Å²) in [7, 11) is 0. The van der Waals surface area contributed by atoms with E-state index in [1.54, 1.807) is 22.8 Å². The first-order valence-electron chi connectivity index (χ1n) is 8.84. The molecule has 0 radical (unpaired) electrons. The molecule has 0 unspecified atom stereocenters. The molecule has 0 spiro atoms. The summed E-state index contributed by atoms with van der Waals surface area (Å²) in [5.74, 6) is 0.572. The van der Waals surface area contributed by atoms with Crippen LogP contribution < -0.4 is 21.8 Å². The van der Waals surface area contributed by atoms with Crippen molar-refractivity contribution in [1.82, 2.24) is 4.57 Å². The molecule has 27 heavy (non-hydrogen) atoms. The van der Waals surface area contributed by atoms with Crippen molar-refractivity contribution in [3.05, 3.63) is 64.6 Å². The molecule has 0 aliphatic rings. The minimum atomic E-state index is -0.900. The van der Waals surface area contributed by atoms with Gasteiger partial charge in [0.15, 0.2) is 0 Å². The molecule has 2 aromatic carbocycles. The number of carbonyl (C=O) groups excluding carboxylic acids is 1. The molecule has 0 fully saturated rings. The van der Waals surface area contributed by atoms with Gasteiger partial charge in [0.25, 0.3) is 5.56 Å². The predicted molar refractivity (Wildman–Crippen MR) is 107 cm³/mol. The van der Waals surface area contributed by atoms with Crippen molar-refractivity contribution in [2.24, 2.45) is 17.4 Å². The highest BCUT2D eigenvalue weighted by molar-refractivity contribution is 5.98. The number of carbonyl (C=O) groups is 1. The van der Waals surface area contributed by atoms with E-state index >= 15 is 0 Å². The molecule has 0 atom stereocenters. The van der Waals surface area contributed by atoms with Crippen LogP contribution in [0, 0.1) is 5.92 Å². The largest absolute Gasteiger partial charge is 0.410 e. The number of nitrogens with two attached hydrogens (primary N) is 2. The average Bonchev–Trinajstić information content (AvgIpc) is 2.63. The van der Waals surface area contributed by atoms with Crippen LogP contribution in [-0.4, -0.2) is 10.7 Å². The van der Waals surface area contributed by atoms with Crippen LogP contribution in [0.5, 0.6) is 5.75 Å². The summed E-state index contributed by atoms with van der Waals surface area (Å²) in [4.78, 5) is 24.3. The third-order valence-electron chi connectivity index (χ3n) is 4.37. The van der Waals surface area contributed by atoms with Crippen LogP contribution in [0.4, 0.5) is 4.79 Å². The minimum Gasteiger partial charge on any atom is -0.410 e. The summed E-state index contributed by atoms with van der Waals surface area (Å²) in [5.41, 5.74) is 13.7. The fourth-order valence-corrected chi connectivity index (χ4v) is 3.35. The summed E-state index contributed by atoms with van der Waals surface area (Å²) in [6.07, 6.45) is -0.900. The Hall–Kier alpha value is -3.12. The Morgan fingerprint density at radius 2 is 1.81 bits per heavy atom. The number of hydrogen-bond acceptors (Lipinski definition) is 4. The zero-order valence-corrected chi connectivity index (χ0v) is 15.4. The van der Waals surface area contributed by atoms with Crippen molar-refractivity contribution in [1.29, 1.82) is 0 Å². The number of ether oxygens (including phenoxy) is 1. The maximum absolute atomic E-state index is 13.1. The normalized spacial score (nSPS) is 11.1. The lowest BCUT2D eigenvalue weighted by Gasteiger charge is -2.21. The second kappa shape index (κ2) is 7.63. The number of amides is 1. The lowest BCUT2D eigenvalue weighted by molar-refractivity contribution is 0.211. The number of benzene rings is 2. The van der Waals surface area contributed by atoms with E-state index in [1.807, 2.05) is 30.3 Å². The SMILES string of the molecule is CC(C)Cn1c(CN)c(-c2ccccc2)c2cc(OC(N)=O)ccc2c1=O. The molecule has 140 valence electrons. The van der Waals surface area contributed by atoms with Gasteiger partial charge in [0.05, 0.1) is 0 Å². The molecule has 4 N–H and O–H groups in total. The smallest absolute Gasteiger partial charge is 0.409 e. The molecule has 0 saturated heterocycles. The average molecular weight is 365 g/mol. The van der Waals surface area contributed by atoms with Gasteiger partial charge in [-0.2, -0.15) is 0 Å². The van der Waals surface area contributed by atoms with Crippen molar-refractivity contribution >= 4 is 16.9 Å². The molecule has 3 rings (SSSR count). The van der Waals surface area contributed by atoms with Gasteiger partial charge in [0, 0.05) is 35.1 Å². The van der Waals surface area contributed by atoms with Crippen molar-refractivity contribution < 1.29 is 9.53 Å². The molecule has 1 amide bonds. The maximum Gasteiger partial charge on any atom is 0.409 e. The van der Waals surface area contributed by atoms with E-state index < -0.39 is 6.09 Å². The minimum absolute atomic E-state index is 0.107. The third-order valence-corrected chi connectivity index (χ3v) is 4.37. The molecule has 0 saturated carbocycles. The van der Waals surface area contributed by atoms with Gasteiger partial charge in [-0.05, 0) is 29.7 Å². The number of hydrogen-bond donors (Lipinski definition) is 2. The van der Waals surface area contributed by atoms with E-state index in [9.17, 15) is 9.59 Å². The van der Waals surface area contributed by atoms with Crippen LogP contribution in [0.15, 0.2) is 53.3 Å².